The maximum absolute atomic E-state index is 13.4. The number of carbonyl (C=O) groups excluding carboxylic acids is 1. The molecule has 0 saturated heterocycles. The number of hydrogen-bond donors (Lipinski definition) is 2. The predicted molar refractivity (Wildman–Crippen MR) is 64.7 cm³/mol. The third kappa shape index (κ3) is 4.40. The Kier molecular flexibility index (Phi) is 5.42. The third-order valence-corrected chi connectivity index (χ3v) is 2.16. The van der Waals surface area contributed by atoms with Crippen molar-refractivity contribution in [2.24, 2.45) is 0 Å². The second kappa shape index (κ2) is 6.85. The van der Waals surface area contributed by atoms with Crippen LogP contribution in [-0.4, -0.2) is 26.1 Å². The molecule has 0 aliphatic carbocycles. The van der Waals surface area contributed by atoms with Gasteiger partial charge in [-0.2, -0.15) is 0 Å². The van der Waals surface area contributed by atoms with Crippen molar-refractivity contribution in [3.8, 4) is 5.75 Å². The summed E-state index contributed by atoms with van der Waals surface area (Å²) in [5.74, 6) is -0.247. The number of nitrogens with one attached hydrogen (secondary N) is 2. The lowest BCUT2D eigenvalue weighted by atomic mass is 10.3. The highest BCUT2D eigenvalue weighted by molar-refractivity contribution is 5.92. The molecule has 1 aromatic rings. The largest absolute Gasteiger partial charge is 0.497 e. The van der Waals surface area contributed by atoms with Gasteiger partial charge in [0.2, 0.25) is 5.91 Å². The van der Waals surface area contributed by atoms with Crippen molar-refractivity contribution >= 4 is 11.6 Å². The minimum absolute atomic E-state index is 0.132. The SMILES string of the molecule is CCCNCC(=O)Nc1cc(OC)ccc1F. The van der Waals surface area contributed by atoms with E-state index in [1.165, 1.54) is 25.3 Å². The highest BCUT2D eigenvalue weighted by atomic mass is 19.1. The molecule has 0 aliphatic heterocycles. The van der Waals surface area contributed by atoms with Crippen molar-refractivity contribution in [3.63, 3.8) is 0 Å². The molecule has 0 fully saturated rings. The highest BCUT2D eigenvalue weighted by Gasteiger charge is 2.07. The monoisotopic (exact) mass is 240 g/mol. The summed E-state index contributed by atoms with van der Waals surface area (Å²) in [5, 5.41) is 5.42. The lowest BCUT2D eigenvalue weighted by Crippen LogP contribution is -2.28. The zero-order chi connectivity index (χ0) is 12.7. The normalized spacial score (nSPS) is 10.1. The molecule has 17 heavy (non-hydrogen) atoms. The number of ether oxygens (including phenoxy) is 1. The van der Waals surface area contributed by atoms with Gasteiger partial charge in [0.05, 0.1) is 19.3 Å². The van der Waals surface area contributed by atoms with Crippen LogP contribution in [0.15, 0.2) is 18.2 Å². The Bertz CT molecular complexity index is 383. The molecular formula is C12H17FN2O2. The summed E-state index contributed by atoms with van der Waals surface area (Å²) in [6.07, 6.45) is 0.945. The molecule has 0 aliphatic rings. The molecule has 5 heteroatoms. The van der Waals surface area contributed by atoms with E-state index in [0.717, 1.165) is 13.0 Å². The molecule has 0 spiro atoms. The van der Waals surface area contributed by atoms with Crippen LogP contribution in [0.1, 0.15) is 13.3 Å². The second-order valence-corrected chi connectivity index (χ2v) is 3.57. The Balaban J connectivity index is 2.57. The van der Waals surface area contributed by atoms with E-state index in [0.29, 0.717) is 5.75 Å². The van der Waals surface area contributed by atoms with Gasteiger partial charge in [0.1, 0.15) is 11.6 Å². The summed E-state index contributed by atoms with van der Waals surface area (Å²) >= 11 is 0. The smallest absolute Gasteiger partial charge is 0.238 e. The molecule has 1 amide bonds. The first-order valence-corrected chi connectivity index (χ1v) is 5.51. The highest BCUT2D eigenvalue weighted by Crippen LogP contribution is 2.20. The fourth-order valence-electron chi connectivity index (χ4n) is 1.30. The molecule has 1 aromatic carbocycles. The molecule has 1 rings (SSSR count). The van der Waals surface area contributed by atoms with E-state index in [9.17, 15) is 9.18 Å². The molecule has 2 N–H and O–H groups in total. The zero-order valence-electron chi connectivity index (χ0n) is 10.0. The van der Waals surface area contributed by atoms with Gasteiger partial charge in [-0.05, 0) is 25.1 Å². The topological polar surface area (TPSA) is 50.4 Å². The molecule has 0 aromatic heterocycles. The fraction of sp³-hybridized carbons (Fsp3) is 0.417. The van der Waals surface area contributed by atoms with Crippen LogP contribution in [0.5, 0.6) is 5.75 Å². The van der Waals surface area contributed by atoms with Crippen LogP contribution >= 0.6 is 0 Å². The maximum Gasteiger partial charge on any atom is 0.238 e. The summed E-state index contributed by atoms with van der Waals surface area (Å²) in [5.41, 5.74) is 0.132. The van der Waals surface area contributed by atoms with E-state index in [2.05, 4.69) is 10.6 Å². The summed E-state index contributed by atoms with van der Waals surface area (Å²) < 4.78 is 18.3. The van der Waals surface area contributed by atoms with Crippen LogP contribution in [0.25, 0.3) is 0 Å². The molecule has 0 bridgehead atoms. The van der Waals surface area contributed by atoms with Crippen molar-refractivity contribution in [1.82, 2.24) is 5.32 Å². The average Bonchev–Trinajstić information content (AvgIpc) is 2.32. The van der Waals surface area contributed by atoms with Gasteiger partial charge in [-0.15, -0.1) is 0 Å². The Morgan fingerprint density at radius 1 is 1.47 bits per heavy atom. The van der Waals surface area contributed by atoms with Gasteiger partial charge in [-0.3, -0.25) is 4.79 Å². The Morgan fingerprint density at radius 3 is 2.88 bits per heavy atom. The van der Waals surface area contributed by atoms with E-state index >= 15 is 0 Å². The van der Waals surface area contributed by atoms with Crippen LogP contribution in [0.2, 0.25) is 0 Å². The first-order chi connectivity index (χ1) is 8.17. The van der Waals surface area contributed by atoms with Crippen molar-refractivity contribution < 1.29 is 13.9 Å². The predicted octanol–water partition coefficient (Wildman–Crippen LogP) is 1.77. The van der Waals surface area contributed by atoms with Crippen molar-refractivity contribution in [1.29, 1.82) is 0 Å². The number of carbonyl (C=O) groups is 1. The van der Waals surface area contributed by atoms with Crippen LogP contribution < -0.4 is 15.4 Å². The van der Waals surface area contributed by atoms with E-state index in [1.807, 2.05) is 6.92 Å². The van der Waals surface area contributed by atoms with Crippen molar-refractivity contribution in [2.45, 2.75) is 13.3 Å². The fourth-order valence-corrected chi connectivity index (χ4v) is 1.30. The molecule has 0 atom stereocenters. The van der Waals surface area contributed by atoms with Gasteiger partial charge in [-0.25, -0.2) is 4.39 Å². The number of hydrogen-bond acceptors (Lipinski definition) is 3. The lowest BCUT2D eigenvalue weighted by molar-refractivity contribution is -0.115. The standard InChI is InChI=1S/C12H17FN2O2/c1-3-6-14-8-12(16)15-11-7-9(17-2)4-5-10(11)13/h4-5,7,14H,3,6,8H2,1-2H3,(H,15,16). The van der Waals surface area contributed by atoms with Crippen LogP contribution in [0, 0.1) is 5.82 Å². The molecule has 0 saturated carbocycles. The molecule has 0 heterocycles. The molecule has 0 unspecified atom stereocenters. The minimum Gasteiger partial charge on any atom is -0.497 e. The summed E-state index contributed by atoms with van der Waals surface area (Å²) in [7, 11) is 1.49. The number of anilines is 1. The van der Waals surface area contributed by atoms with E-state index in [1.54, 1.807) is 0 Å². The summed E-state index contributed by atoms with van der Waals surface area (Å²) in [4.78, 5) is 11.5. The van der Waals surface area contributed by atoms with Crippen molar-refractivity contribution in [3.05, 3.63) is 24.0 Å². The number of rotatable bonds is 6. The Hall–Kier alpha value is -1.62. The van der Waals surface area contributed by atoms with E-state index < -0.39 is 5.82 Å². The third-order valence-electron chi connectivity index (χ3n) is 2.16. The number of methoxy groups -OCH3 is 1. The van der Waals surface area contributed by atoms with Gasteiger partial charge in [-0.1, -0.05) is 6.92 Å². The minimum atomic E-state index is -0.477. The second-order valence-electron chi connectivity index (χ2n) is 3.57. The lowest BCUT2D eigenvalue weighted by Gasteiger charge is -2.08. The van der Waals surface area contributed by atoms with Gasteiger partial charge >= 0.3 is 0 Å². The first kappa shape index (κ1) is 13.4. The van der Waals surface area contributed by atoms with Crippen LogP contribution in [-0.2, 0) is 4.79 Å². The van der Waals surface area contributed by atoms with Gasteiger partial charge in [0.25, 0.3) is 0 Å². The van der Waals surface area contributed by atoms with E-state index in [4.69, 9.17) is 4.74 Å². The average molecular weight is 240 g/mol. The summed E-state index contributed by atoms with van der Waals surface area (Å²) in [6.45, 7) is 2.94. The Labute approximate surface area is 100 Å². The quantitative estimate of drug-likeness (QED) is 0.745. The van der Waals surface area contributed by atoms with Crippen LogP contribution in [0.3, 0.4) is 0 Å². The van der Waals surface area contributed by atoms with Gasteiger partial charge in [0, 0.05) is 6.07 Å². The number of benzene rings is 1. The zero-order valence-corrected chi connectivity index (χ0v) is 10.0. The first-order valence-electron chi connectivity index (χ1n) is 5.51. The molecular weight excluding hydrogens is 223 g/mol. The van der Waals surface area contributed by atoms with E-state index in [-0.39, 0.29) is 18.1 Å². The Morgan fingerprint density at radius 2 is 2.24 bits per heavy atom. The van der Waals surface area contributed by atoms with Gasteiger partial charge < -0.3 is 15.4 Å². The molecule has 94 valence electrons. The number of halogens is 1. The molecule has 4 nitrogen and oxygen atoms in total. The van der Waals surface area contributed by atoms with Crippen molar-refractivity contribution in [2.75, 3.05) is 25.5 Å². The van der Waals surface area contributed by atoms with Gasteiger partial charge in [0.15, 0.2) is 0 Å². The maximum atomic E-state index is 13.4. The summed E-state index contributed by atoms with van der Waals surface area (Å²) in [6, 6.07) is 4.21. The number of amides is 1. The molecule has 0 radical (unpaired) electrons. The van der Waals surface area contributed by atoms with Crippen LogP contribution in [0.4, 0.5) is 10.1 Å².